The molecule has 0 saturated carbocycles. The number of rotatable bonds is 2. The Labute approximate surface area is 275 Å². The highest BCUT2D eigenvalue weighted by atomic mass is 16.3. The minimum atomic E-state index is 0.877. The summed E-state index contributed by atoms with van der Waals surface area (Å²) in [6, 6.07) is 56.7. The molecule has 2 aromatic heterocycles. The standard InChI is InChI=1S/C46H26O2/c1-2-10-29-25-30(18-17-27(29)9-1)42-32-11-3-5-13-34(32)43(35-14-6-4-12-33(35)42)31-21-23-40-38(26-31)36-22-19-28-20-24-41-45(44(28)46(36)48-40)37-15-7-8-16-39(37)47-41/h1-26H. The second kappa shape index (κ2) is 9.57. The highest BCUT2D eigenvalue weighted by Crippen LogP contribution is 2.46. The van der Waals surface area contributed by atoms with Crippen molar-refractivity contribution in [2.45, 2.75) is 0 Å². The predicted octanol–water partition coefficient (Wildman–Crippen LogP) is 13.4. The monoisotopic (exact) mass is 610 g/mol. The Kier molecular flexibility index (Phi) is 5.14. The molecule has 0 radical (unpaired) electrons. The fraction of sp³-hybridized carbons (Fsp3) is 0. The van der Waals surface area contributed by atoms with Gasteiger partial charge >= 0.3 is 0 Å². The van der Waals surface area contributed by atoms with Crippen molar-refractivity contribution in [1.29, 1.82) is 0 Å². The van der Waals surface area contributed by atoms with Crippen LogP contribution in [0.5, 0.6) is 0 Å². The lowest BCUT2D eigenvalue weighted by molar-refractivity contribution is 0.668. The largest absolute Gasteiger partial charge is 0.456 e. The van der Waals surface area contributed by atoms with Gasteiger partial charge < -0.3 is 8.83 Å². The maximum absolute atomic E-state index is 6.73. The summed E-state index contributed by atoms with van der Waals surface area (Å²) in [5.74, 6) is 0. The van der Waals surface area contributed by atoms with Crippen molar-refractivity contribution in [2.24, 2.45) is 0 Å². The Hall–Kier alpha value is -6.38. The van der Waals surface area contributed by atoms with E-state index in [0.717, 1.165) is 54.6 Å². The smallest absolute Gasteiger partial charge is 0.144 e. The predicted molar refractivity (Wildman–Crippen MR) is 202 cm³/mol. The first-order valence-corrected chi connectivity index (χ1v) is 16.4. The summed E-state index contributed by atoms with van der Waals surface area (Å²) < 4.78 is 13.0. The van der Waals surface area contributed by atoms with E-state index in [1.807, 2.05) is 12.1 Å². The lowest BCUT2D eigenvalue weighted by atomic mass is 9.85. The minimum absolute atomic E-state index is 0.877. The van der Waals surface area contributed by atoms with E-state index in [9.17, 15) is 0 Å². The van der Waals surface area contributed by atoms with Crippen LogP contribution in [0.3, 0.4) is 0 Å². The number of hydrogen-bond acceptors (Lipinski definition) is 2. The van der Waals surface area contributed by atoms with E-state index in [1.54, 1.807) is 0 Å². The van der Waals surface area contributed by atoms with Crippen LogP contribution in [-0.2, 0) is 0 Å². The number of hydrogen-bond donors (Lipinski definition) is 0. The lowest BCUT2D eigenvalue weighted by Gasteiger charge is -2.18. The molecule has 2 nitrogen and oxygen atoms in total. The molecule has 0 aliphatic carbocycles. The number of para-hydroxylation sites is 1. The Morgan fingerprint density at radius 2 is 0.833 bits per heavy atom. The molecule has 2 heteroatoms. The number of furan rings is 2. The van der Waals surface area contributed by atoms with Gasteiger partial charge in [-0.05, 0) is 96.4 Å². The van der Waals surface area contributed by atoms with Crippen LogP contribution in [0, 0.1) is 0 Å². The summed E-state index contributed by atoms with van der Waals surface area (Å²) in [5.41, 5.74) is 8.47. The normalized spacial score (nSPS) is 12.2. The van der Waals surface area contributed by atoms with Crippen LogP contribution >= 0.6 is 0 Å². The van der Waals surface area contributed by atoms with Crippen LogP contribution in [0.25, 0.3) is 109 Å². The molecule has 0 aliphatic rings. The van der Waals surface area contributed by atoms with Crippen LogP contribution in [0.15, 0.2) is 167 Å². The Morgan fingerprint density at radius 3 is 1.58 bits per heavy atom. The number of benzene rings is 9. The molecule has 0 N–H and O–H groups in total. The average molecular weight is 611 g/mol. The molecule has 0 spiro atoms. The topological polar surface area (TPSA) is 26.3 Å². The van der Waals surface area contributed by atoms with E-state index in [2.05, 4.69) is 146 Å². The SMILES string of the molecule is c1ccc2cc(-c3c4ccccc4c(-c4ccc5oc6c(ccc7ccc8oc9ccccc9c8c76)c5c4)c4ccccc34)ccc2c1. The van der Waals surface area contributed by atoms with E-state index >= 15 is 0 Å². The molecule has 11 rings (SSSR count). The average Bonchev–Trinajstić information content (AvgIpc) is 3.72. The highest BCUT2D eigenvalue weighted by Gasteiger charge is 2.20. The van der Waals surface area contributed by atoms with Gasteiger partial charge in [-0.25, -0.2) is 0 Å². The van der Waals surface area contributed by atoms with Crippen molar-refractivity contribution in [3.05, 3.63) is 158 Å². The van der Waals surface area contributed by atoms with Crippen molar-refractivity contribution in [3.63, 3.8) is 0 Å². The molecule has 0 saturated heterocycles. The second-order valence-corrected chi connectivity index (χ2v) is 12.8. The fourth-order valence-electron chi connectivity index (χ4n) is 8.11. The Balaban J connectivity index is 1.21. The van der Waals surface area contributed by atoms with Crippen LogP contribution in [0.1, 0.15) is 0 Å². The van der Waals surface area contributed by atoms with E-state index < -0.39 is 0 Å². The molecular formula is C46H26O2. The molecule has 0 fully saturated rings. The van der Waals surface area contributed by atoms with Gasteiger partial charge in [0.15, 0.2) is 0 Å². The zero-order chi connectivity index (χ0) is 31.3. The number of fused-ring (bicyclic) bond motifs is 12. The van der Waals surface area contributed by atoms with Gasteiger partial charge in [0.1, 0.15) is 22.3 Å². The van der Waals surface area contributed by atoms with E-state index in [4.69, 9.17) is 8.83 Å². The van der Waals surface area contributed by atoms with Gasteiger partial charge in [-0.15, -0.1) is 0 Å². The van der Waals surface area contributed by atoms with Gasteiger partial charge in [-0.3, -0.25) is 0 Å². The van der Waals surface area contributed by atoms with Crippen molar-refractivity contribution in [2.75, 3.05) is 0 Å². The molecule has 0 aliphatic heterocycles. The van der Waals surface area contributed by atoms with Gasteiger partial charge in [0.25, 0.3) is 0 Å². The first kappa shape index (κ1) is 25.8. The summed E-state index contributed by atoms with van der Waals surface area (Å²) in [5, 5.41) is 14.2. The molecule has 0 bridgehead atoms. The molecule has 0 unspecified atom stereocenters. The van der Waals surface area contributed by atoms with Crippen molar-refractivity contribution in [3.8, 4) is 22.3 Å². The van der Waals surface area contributed by atoms with Crippen molar-refractivity contribution >= 4 is 87.0 Å². The summed E-state index contributed by atoms with van der Waals surface area (Å²) in [4.78, 5) is 0. The summed E-state index contributed by atoms with van der Waals surface area (Å²) in [6.45, 7) is 0. The van der Waals surface area contributed by atoms with Crippen LogP contribution in [-0.4, -0.2) is 0 Å². The molecule has 11 aromatic rings. The summed E-state index contributed by atoms with van der Waals surface area (Å²) >= 11 is 0. The van der Waals surface area contributed by atoms with Crippen molar-refractivity contribution < 1.29 is 8.83 Å². The maximum Gasteiger partial charge on any atom is 0.144 e. The molecule has 0 atom stereocenters. The van der Waals surface area contributed by atoms with Crippen molar-refractivity contribution in [1.82, 2.24) is 0 Å². The summed E-state index contributed by atoms with van der Waals surface area (Å²) in [6.07, 6.45) is 0. The molecule has 2 heterocycles. The zero-order valence-electron chi connectivity index (χ0n) is 25.8. The third-order valence-corrected chi connectivity index (χ3v) is 10.2. The van der Waals surface area contributed by atoms with Gasteiger partial charge in [-0.2, -0.15) is 0 Å². The van der Waals surface area contributed by atoms with Gasteiger partial charge in [0, 0.05) is 26.9 Å². The minimum Gasteiger partial charge on any atom is -0.456 e. The maximum atomic E-state index is 6.73. The zero-order valence-corrected chi connectivity index (χ0v) is 25.8. The van der Waals surface area contributed by atoms with E-state index in [-0.39, 0.29) is 0 Å². The van der Waals surface area contributed by atoms with Crippen LogP contribution in [0.4, 0.5) is 0 Å². The third-order valence-electron chi connectivity index (χ3n) is 10.2. The molecule has 9 aromatic carbocycles. The quantitative estimate of drug-likeness (QED) is 0.182. The highest BCUT2D eigenvalue weighted by molar-refractivity contribution is 6.28. The molecule has 0 amide bonds. The van der Waals surface area contributed by atoms with Gasteiger partial charge in [0.05, 0.1) is 0 Å². The molecular weight excluding hydrogens is 585 g/mol. The van der Waals surface area contributed by atoms with Crippen LogP contribution in [0.2, 0.25) is 0 Å². The first-order chi connectivity index (χ1) is 23.8. The van der Waals surface area contributed by atoms with Gasteiger partial charge in [0.2, 0.25) is 0 Å². The lowest BCUT2D eigenvalue weighted by Crippen LogP contribution is -1.91. The van der Waals surface area contributed by atoms with Crippen LogP contribution < -0.4 is 0 Å². The first-order valence-electron chi connectivity index (χ1n) is 16.4. The van der Waals surface area contributed by atoms with E-state index in [1.165, 1.54) is 54.6 Å². The molecule has 48 heavy (non-hydrogen) atoms. The summed E-state index contributed by atoms with van der Waals surface area (Å²) in [7, 11) is 0. The molecule has 222 valence electrons. The fourth-order valence-corrected chi connectivity index (χ4v) is 8.11. The Bertz CT molecular complexity index is 3060. The Morgan fingerprint density at radius 1 is 0.292 bits per heavy atom. The van der Waals surface area contributed by atoms with Gasteiger partial charge in [-0.1, -0.05) is 121 Å². The third kappa shape index (κ3) is 3.52. The van der Waals surface area contributed by atoms with E-state index in [0.29, 0.717) is 0 Å². The second-order valence-electron chi connectivity index (χ2n) is 12.8.